The molecule has 0 atom stereocenters. The first-order valence-electron chi connectivity index (χ1n) is 3.24. The van der Waals surface area contributed by atoms with Crippen LogP contribution in [0.5, 0.6) is 5.88 Å². The molecule has 0 radical (unpaired) electrons. The number of alkyl halides is 2. The third-order valence-corrected chi connectivity index (χ3v) is 2.50. The normalized spacial score (nSPS) is 10.6. The SMILES string of the molecule is COc1cc(Cl)c(C(F)F)c(I)n1. The van der Waals surface area contributed by atoms with Crippen molar-refractivity contribution in [3.05, 3.63) is 20.4 Å². The molecule has 0 saturated carbocycles. The van der Waals surface area contributed by atoms with Crippen molar-refractivity contribution in [2.24, 2.45) is 0 Å². The van der Waals surface area contributed by atoms with E-state index in [9.17, 15) is 8.78 Å². The quantitative estimate of drug-likeness (QED) is 0.616. The van der Waals surface area contributed by atoms with Crippen LogP contribution < -0.4 is 4.74 Å². The molecule has 1 aromatic heterocycles. The van der Waals surface area contributed by atoms with Crippen molar-refractivity contribution < 1.29 is 13.5 Å². The highest BCUT2D eigenvalue weighted by Gasteiger charge is 2.18. The van der Waals surface area contributed by atoms with Gasteiger partial charge in [0.05, 0.1) is 17.7 Å². The molecule has 0 aromatic carbocycles. The lowest BCUT2D eigenvalue weighted by Gasteiger charge is -2.07. The Balaban J connectivity index is 3.23. The van der Waals surface area contributed by atoms with Crippen LogP contribution in [-0.4, -0.2) is 12.1 Å². The molecule has 0 N–H and O–H groups in total. The van der Waals surface area contributed by atoms with Crippen LogP contribution in [0.1, 0.15) is 12.0 Å². The Morgan fingerprint density at radius 3 is 2.62 bits per heavy atom. The Bertz CT molecular complexity index is 298. The van der Waals surface area contributed by atoms with Gasteiger partial charge in [0, 0.05) is 6.07 Å². The van der Waals surface area contributed by atoms with E-state index in [-0.39, 0.29) is 20.2 Å². The van der Waals surface area contributed by atoms with Gasteiger partial charge in [0.2, 0.25) is 5.88 Å². The standard InChI is InChI=1S/C7H5ClF2INO/c1-13-4-2-3(8)5(6(9)10)7(11)12-4/h2,6H,1H3. The summed E-state index contributed by atoms with van der Waals surface area (Å²) in [5, 5.41) is -0.0220. The largest absolute Gasteiger partial charge is 0.481 e. The molecule has 0 bridgehead atoms. The molecule has 1 aromatic rings. The second-order valence-electron chi connectivity index (χ2n) is 2.15. The van der Waals surface area contributed by atoms with Crippen molar-refractivity contribution in [1.82, 2.24) is 4.98 Å². The number of ether oxygens (including phenoxy) is 1. The molecule has 0 aliphatic rings. The Morgan fingerprint density at radius 2 is 2.23 bits per heavy atom. The molecule has 1 heterocycles. The Morgan fingerprint density at radius 1 is 1.62 bits per heavy atom. The molecule has 0 aliphatic heterocycles. The fraction of sp³-hybridized carbons (Fsp3) is 0.286. The van der Waals surface area contributed by atoms with Gasteiger partial charge in [0.15, 0.2) is 0 Å². The Hall–Kier alpha value is -0.170. The van der Waals surface area contributed by atoms with Crippen LogP contribution >= 0.6 is 34.2 Å². The summed E-state index contributed by atoms with van der Waals surface area (Å²) in [6.07, 6.45) is -2.61. The number of nitrogens with zero attached hydrogens (tertiary/aromatic N) is 1. The molecular formula is C7H5ClF2INO. The second kappa shape index (κ2) is 4.36. The summed E-state index contributed by atoms with van der Waals surface area (Å²) in [6.45, 7) is 0. The zero-order chi connectivity index (χ0) is 10.0. The Kier molecular flexibility index (Phi) is 3.66. The van der Waals surface area contributed by atoms with Crippen LogP contribution in [0.2, 0.25) is 5.02 Å². The average Bonchev–Trinajstić information content (AvgIpc) is 2.02. The van der Waals surface area contributed by atoms with Gasteiger partial charge >= 0.3 is 0 Å². The third-order valence-electron chi connectivity index (χ3n) is 1.37. The molecule has 2 nitrogen and oxygen atoms in total. The second-order valence-corrected chi connectivity index (χ2v) is 3.58. The summed E-state index contributed by atoms with van der Waals surface area (Å²) < 4.78 is 29.6. The fourth-order valence-corrected chi connectivity index (χ4v) is 1.96. The maximum Gasteiger partial charge on any atom is 0.267 e. The van der Waals surface area contributed by atoms with Crippen molar-refractivity contribution in [3.63, 3.8) is 0 Å². The van der Waals surface area contributed by atoms with E-state index in [0.717, 1.165) is 0 Å². The van der Waals surface area contributed by atoms with Gasteiger partial charge < -0.3 is 4.74 Å². The smallest absolute Gasteiger partial charge is 0.267 e. The topological polar surface area (TPSA) is 22.1 Å². The van der Waals surface area contributed by atoms with Crippen LogP contribution in [0.15, 0.2) is 6.07 Å². The molecule has 0 saturated heterocycles. The fourth-order valence-electron chi connectivity index (χ4n) is 0.773. The van der Waals surface area contributed by atoms with E-state index < -0.39 is 6.43 Å². The molecule has 0 unspecified atom stereocenters. The van der Waals surface area contributed by atoms with Crippen LogP contribution in [0.3, 0.4) is 0 Å². The van der Waals surface area contributed by atoms with Crippen molar-refractivity contribution in [2.75, 3.05) is 7.11 Å². The van der Waals surface area contributed by atoms with E-state index >= 15 is 0 Å². The van der Waals surface area contributed by atoms with Crippen LogP contribution in [0, 0.1) is 3.70 Å². The summed E-state index contributed by atoms with van der Waals surface area (Å²) in [5.74, 6) is 0.235. The van der Waals surface area contributed by atoms with Crippen molar-refractivity contribution in [2.45, 2.75) is 6.43 Å². The van der Waals surface area contributed by atoms with E-state index in [1.165, 1.54) is 13.2 Å². The van der Waals surface area contributed by atoms with E-state index in [1.807, 2.05) is 0 Å². The summed E-state index contributed by atoms with van der Waals surface area (Å²) in [5.41, 5.74) is -0.247. The zero-order valence-corrected chi connectivity index (χ0v) is 9.44. The molecule has 1 rings (SSSR count). The summed E-state index contributed by atoms with van der Waals surface area (Å²) in [4.78, 5) is 3.77. The van der Waals surface area contributed by atoms with Crippen molar-refractivity contribution >= 4 is 34.2 Å². The van der Waals surface area contributed by atoms with Gasteiger partial charge in [0.1, 0.15) is 3.70 Å². The summed E-state index contributed by atoms with van der Waals surface area (Å²) >= 11 is 7.30. The van der Waals surface area contributed by atoms with Gasteiger partial charge in [-0.05, 0) is 22.6 Å². The molecule has 0 aliphatic carbocycles. The number of rotatable bonds is 2. The maximum atomic E-state index is 12.4. The molecule has 0 spiro atoms. The van der Waals surface area contributed by atoms with Gasteiger partial charge in [-0.15, -0.1) is 0 Å². The Labute approximate surface area is 92.4 Å². The minimum Gasteiger partial charge on any atom is -0.481 e. The summed E-state index contributed by atoms with van der Waals surface area (Å²) in [7, 11) is 1.40. The number of aromatic nitrogens is 1. The van der Waals surface area contributed by atoms with Crippen molar-refractivity contribution in [1.29, 1.82) is 0 Å². The highest BCUT2D eigenvalue weighted by molar-refractivity contribution is 14.1. The third kappa shape index (κ3) is 2.40. The molecule has 13 heavy (non-hydrogen) atoms. The first-order chi connectivity index (χ1) is 6.06. The van der Waals surface area contributed by atoms with Gasteiger partial charge in [0.25, 0.3) is 6.43 Å². The predicted octanol–water partition coefficient (Wildman–Crippen LogP) is 3.29. The lowest BCUT2D eigenvalue weighted by molar-refractivity contribution is 0.150. The zero-order valence-electron chi connectivity index (χ0n) is 6.52. The van der Waals surface area contributed by atoms with Gasteiger partial charge in [-0.25, -0.2) is 13.8 Å². The van der Waals surface area contributed by atoms with E-state index in [1.54, 1.807) is 22.6 Å². The highest BCUT2D eigenvalue weighted by atomic mass is 127. The summed E-state index contributed by atoms with van der Waals surface area (Å²) in [6, 6.07) is 1.27. The molecule has 72 valence electrons. The number of halogens is 4. The monoisotopic (exact) mass is 319 g/mol. The van der Waals surface area contributed by atoms with E-state index in [4.69, 9.17) is 16.3 Å². The number of hydrogen-bond acceptors (Lipinski definition) is 2. The van der Waals surface area contributed by atoms with Crippen LogP contribution in [-0.2, 0) is 0 Å². The van der Waals surface area contributed by atoms with Crippen LogP contribution in [0.4, 0.5) is 8.78 Å². The minimum absolute atomic E-state index is 0.0220. The van der Waals surface area contributed by atoms with Crippen molar-refractivity contribution in [3.8, 4) is 5.88 Å². The molecular weight excluding hydrogens is 314 g/mol. The van der Waals surface area contributed by atoms with Gasteiger partial charge in [-0.2, -0.15) is 0 Å². The minimum atomic E-state index is -2.61. The highest BCUT2D eigenvalue weighted by Crippen LogP contribution is 2.32. The molecule has 6 heteroatoms. The van der Waals surface area contributed by atoms with E-state index in [0.29, 0.717) is 0 Å². The van der Waals surface area contributed by atoms with Gasteiger partial charge in [-0.1, -0.05) is 11.6 Å². The predicted molar refractivity (Wildman–Crippen MR) is 53.5 cm³/mol. The van der Waals surface area contributed by atoms with E-state index in [2.05, 4.69) is 4.98 Å². The average molecular weight is 319 g/mol. The lowest BCUT2D eigenvalue weighted by atomic mass is 10.3. The van der Waals surface area contributed by atoms with Gasteiger partial charge in [-0.3, -0.25) is 0 Å². The first-order valence-corrected chi connectivity index (χ1v) is 4.70. The molecule has 0 amide bonds. The first kappa shape index (κ1) is 10.9. The lowest BCUT2D eigenvalue weighted by Crippen LogP contribution is -1.97. The number of hydrogen-bond donors (Lipinski definition) is 0. The number of methoxy groups -OCH3 is 1. The molecule has 0 fully saturated rings. The van der Waals surface area contributed by atoms with Crippen LogP contribution in [0.25, 0.3) is 0 Å². The number of pyridine rings is 1. The maximum absolute atomic E-state index is 12.4.